The molecule has 0 fully saturated rings. The molecule has 0 saturated carbocycles. The molecular weight excluding hydrogens is 162 g/mol. The number of aliphatic imine (C=N–C) groups is 1. The van der Waals surface area contributed by atoms with E-state index in [9.17, 15) is 0 Å². The lowest BCUT2D eigenvalue weighted by atomic mass is 9.88. The second kappa shape index (κ2) is 6.14. The van der Waals surface area contributed by atoms with E-state index < -0.39 is 0 Å². The zero-order valence-corrected chi connectivity index (χ0v) is 9.68. The molecule has 0 spiro atoms. The summed E-state index contributed by atoms with van der Waals surface area (Å²) in [5, 5.41) is 0. The summed E-state index contributed by atoms with van der Waals surface area (Å²) in [6.07, 6.45) is 3.34. The van der Waals surface area contributed by atoms with E-state index in [2.05, 4.69) is 32.7 Å². The lowest BCUT2D eigenvalue weighted by Gasteiger charge is -2.19. The molecule has 0 rings (SSSR count). The first-order chi connectivity index (χ1) is 5.99. The van der Waals surface area contributed by atoms with Crippen molar-refractivity contribution in [1.82, 2.24) is 0 Å². The van der Waals surface area contributed by atoms with Crippen molar-refractivity contribution in [2.45, 2.75) is 47.0 Å². The molecule has 0 heterocycles. The van der Waals surface area contributed by atoms with Crippen LogP contribution in [0.3, 0.4) is 0 Å². The van der Waals surface area contributed by atoms with Gasteiger partial charge in [-0.2, -0.15) is 0 Å². The molecule has 2 nitrogen and oxygen atoms in total. The Hall–Kier alpha value is -0.370. The Morgan fingerprint density at radius 2 is 1.92 bits per heavy atom. The predicted molar refractivity (Wildman–Crippen MR) is 58.3 cm³/mol. The van der Waals surface area contributed by atoms with Gasteiger partial charge in [-0.1, -0.05) is 34.1 Å². The van der Waals surface area contributed by atoms with Crippen molar-refractivity contribution in [2.75, 3.05) is 13.8 Å². The predicted octanol–water partition coefficient (Wildman–Crippen LogP) is 3.27. The SMILES string of the molecule is CCCC(CC(C)(C)C)=NCOC. The van der Waals surface area contributed by atoms with Crippen LogP contribution in [0.25, 0.3) is 0 Å². The van der Waals surface area contributed by atoms with Crippen molar-refractivity contribution in [3.8, 4) is 0 Å². The van der Waals surface area contributed by atoms with Crippen LogP contribution >= 0.6 is 0 Å². The molecule has 0 radical (unpaired) electrons. The molecule has 0 saturated heterocycles. The van der Waals surface area contributed by atoms with Crippen LogP contribution in [-0.4, -0.2) is 19.6 Å². The molecule has 0 aliphatic rings. The van der Waals surface area contributed by atoms with Gasteiger partial charge in [-0.3, -0.25) is 4.99 Å². The minimum absolute atomic E-state index is 0.335. The molecule has 0 unspecified atom stereocenters. The normalized spacial score (nSPS) is 13.5. The third kappa shape index (κ3) is 7.97. The van der Waals surface area contributed by atoms with E-state index >= 15 is 0 Å². The molecule has 0 aliphatic carbocycles. The van der Waals surface area contributed by atoms with Gasteiger partial charge in [0.1, 0.15) is 6.73 Å². The fourth-order valence-electron chi connectivity index (χ4n) is 1.28. The van der Waals surface area contributed by atoms with Gasteiger partial charge in [0, 0.05) is 12.8 Å². The van der Waals surface area contributed by atoms with Gasteiger partial charge < -0.3 is 4.74 Å². The quantitative estimate of drug-likeness (QED) is 0.602. The van der Waals surface area contributed by atoms with Crippen LogP contribution in [0.15, 0.2) is 4.99 Å². The van der Waals surface area contributed by atoms with Crippen molar-refractivity contribution in [2.24, 2.45) is 10.4 Å². The Kier molecular flexibility index (Phi) is 5.97. The second-order valence-corrected chi connectivity index (χ2v) is 4.63. The number of rotatable bonds is 5. The van der Waals surface area contributed by atoms with Crippen LogP contribution in [-0.2, 0) is 4.74 Å². The van der Waals surface area contributed by atoms with Crippen LogP contribution in [0.2, 0.25) is 0 Å². The van der Waals surface area contributed by atoms with Crippen LogP contribution in [0.1, 0.15) is 47.0 Å². The lowest BCUT2D eigenvalue weighted by molar-refractivity contribution is 0.208. The summed E-state index contributed by atoms with van der Waals surface area (Å²) in [4.78, 5) is 4.41. The Morgan fingerprint density at radius 3 is 2.31 bits per heavy atom. The molecule has 0 aliphatic heterocycles. The number of nitrogens with zero attached hydrogens (tertiary/aromatic N) is 1. The molecule has 0 atom stereocenters. The number of methoxy groups -OCH3 is 1. The Labute approximate surface area is 82.4 Å². The van der Waals surface area contributed by atoms with E-state index in [1.165, 1.54) is 12.1 Å². The Balaban J connectivity index is 4.09. The molecule has 2 heteroatoms. The van der Waals surface area contributed by atoms with Crippen molar-refractivity contribution in [3.63, 3.8) is 0 Å². The van der Waals surface area contributed by atoms with E-state index in [1.54, 1.807) is 7.11 Å². The average molecular weight is 185 g/mol. The monoisotopic (exact) mass is 185 g/mol. The summed E-state index contributed by atoms with van der Waals surface area (Å²) >= 11 is 0. The third-order valence-corrected chi connectivity index (χ3v) is 1.69. The van der Waals surface area contributed by atoms with E-state index in [4.69, 9.17) is 4.74 Å². The van der Waals surface area contributed by atoms with E-state index in [-0.39, 0.29) is 0 Å². The maximum atomic E-state index is 4.95. The summed E-state index contributed by atoms with van der Waals surface area (Å²) in [6.45, 7) is 9.41. The fourth-order valence-corrected chi connectivity index (χ4v) is 1.28. The topological polar surface area (TPSA) is 21.6 Å². The molecule has 0 bridgehead atoms. The molecule has 13 heavy (non-hydrogen) atoms. The highest BCUT2D eigenvalue weighted by molar-refractivity contribution is 5.84. The zero-order chi connectivity index (χ0) is 10.3. The van der Waals surface area contributed by atoms with E-state index in [0.717, 1.165) is 12.8 Å². The van der Waals surface area contributed by atoms with Gasteiger partial charge in [0.05, 0.1) is 0 Å². The smallest absolute Gasteiger partial charge is 0.136 e. The Morgan fingerprint density at radius 1 is 1.31 bits per heavy atom. The number of hydrogen-bond acceptors (Lipinski definition) is 2. The molecule has 0 amide bonds. The van der Waals surface area contributed by atoms with Gasteiger partial charge >= 0.3 is 0 Å². The summed E-state index contributed by atoms with van der Waals surface area (Å²) in [5.74, 6) is 0. The van der Waals surface area contributed by atoms with E-state index in [1.807, 2.05) is 0 Å². The second-order valence-electron chi connectivity index (χ2n) is 4.63. The number of ether oxygens (including phenoxy) is 1. The highest BCUT2D eigenvalue weighted by Gasteiger charge is 2.13. The van der Waals surface area contributed by atoms with Crippen LogP contribution in [0.4, 0.5) is 0 Å². The maximum absolute atomic E-state index is 4.95. The van der Waals surface area contributed by atoms with Crippen molar-refractivity contribution in [1.29, 1.82) is 0 Å². The summed E-state index contributed by atoms with van der Waals surface area (Å²) < 4.78 is 4.95. The minimum Gasteiger partial charge on any atom is -0.363 e. The molecule has 0 aromatic rings. The minimum atomic E-state index is 0.335. The van der Waals surface area contributed by atoms with Crippen molar-refractivity contribution in [3.05, 3.63) is 0 Å². The van der Waals surface area contributed by atoms with Crippen molar-refractivity contribution >= 4 is 5.71 Å². The highest BCUT2D eigenvalue weighted by Crippen LogP contribution is 2.20. The summed E-state index contributed by atoms with van der Waals surface area (Å²) in [7, 11) is 1.68. The Bertz CT molecular complexity index is 156. The zero-order valence-electron chi connectivity index (χ0n) is 9.68. The third-order valence-electron chi connectivity index (χ3n) is 1.69. The van der Waals surface area contributed by atoms with Gasteiger partial charge in [0.25, 0.3) is 0 Å². The largest absolute Gasteiger partial charge is 0.363 e. The molecule has 0 aromatic heterocycles. The van der Waals surface area contributed by atoms with Gasteiger partial charge in [0.2, 0.25) is 0 Å². The van der Waals surface area contributed by atoms with Crippen LogP contribution < -0.4 is 0 Å². The molecule has 0 aromatic carbocycles. The maximum Gasteiger partial charge on any atom is 0.136 e. The molecule has 0 N–H and O–H groups in total. The summed E-state index contributed by atoms with van der Waals surface area (Å²) in [6, 6.07) is 0. The van der Waals surface area contributed by atoms with Crippen molar-refractivity contribution < 1.29 is 4.74 Å². The first-order valence-electron chi connectivity index (χ1n) is 5.00. The van der Waals surface area contributed by atoms with Gasteiger partial charge in [-0.05, 0) is 18.3 Å². The average Bonchev–Trinajstić information content (AvgIpc) is 1.98. The number of hydrogen-bond donors (Lipinski definition) is 0. The van der Waals surface area contributed by atoms with Crippen LogP contribution in [0.5, 0.6) is 0 Å². The first kappa shape index (κ1) is 12.6. The fraction of sp³-hybridized carbons (Fsp3) is 0.909. The summed E-state index contributed by atoms with van der Waals surface area (Å²) in [5.41, 5.74) is 1.62. The van der Waals surface area contributed by atoms with Gasteiger partial charge in [-0.15, -0.1) is 0 Å². The van der Waals surface area contributed by atoms with Gasteiger partial charge in [-0.25, -0.2) is 0 Å². The standard InChI is InChI=1S/C11H23NO/c1-6-7-10(12-9-13-5)8-11(2,3)4/h6-9H2,1-5H3. The van der Waals surface area contributed by atoms with Crippen LogP contribution in [0, 0.1) is 5.41 Å². The first-order valence-corrected chi connectivity index (χ1v) is 5.00. The highest BCUT2D eigenvalue weighted by atomic mass is 16.5. The molecular formula is C11H23NO. The van der Waals surface area contributed by atoms with Gasteiger partial charge in [0.15, 0.2) is 0 Å². The van der Waals surface area contributed by atoms with E-state index in [0.29, 0.717) is 12.1 Å². The lowest BCUT2D eigenvalue weighted by Crippen LogP contribution is -2.13. The molecule has 78 valence electrons.